The molecule has 2 aromatic carbocycles. The largest absolute Gasteiger partial charge is 0.452 e. The molecule has 2 rings (SSSR count). The highest BCUT2D eigenvalue weighted by atomic mass is 16.5. The molecular formula is C20H20N2O4. The smallest absolute Gasteiger partial charge is 0.330 e. The van der Waals surface area contributed by atoms with Crippen LogP contribution in [0.5, 0.6) is 0 Å². The summed E-state index contributed by atoms with van der Waals surface area (Å²) < 4.78 is 4.78. The molecule has 0 spiro atoms. The van der Waals surface area contributed by atoms with Crippen molar-refractivity contribution in [2.75, 3.05) is 11.9 Å². The van der Waals surface area contributed by atoms with Crippen molar-refractivity contribution in [2.45, 2.75) is 13.5 Å². The van der Waals surface area contributed by atoms with E-state index in [9.17, 15) is 14.4 Å². The topological polar surface area (TPSA) is 84.5 Å². The molecule has 2 aromatic rings. The maximum atomic E-state index is 12.4. The molecule has 0 fully saturated rings. The molecule has 2 amide bonds. The molecule has 6 heteroatoms. The Kier molecular flexibility index (Phi) is 7.12. The van der Waals surface area contributed by atoms with Crippen LogP contribution in [0.1, 0.15) is 22.8 Å². The van der Waals surface area contributed by atoms with Gasteiger partial charge in [0.2, 0.25) is 0 Å². The molecule has 0 saturated heterocycles. The third-order valence-electron chi connectivity index (χ3n) is 3.39. The van der Waals surface area contributed by atoms with Crippen molar-refractivity contribution >= 4 is 23.5 Å². The van der Waals surface area contributed by atoms with Gasteiger partial charge in [0.05, 0.1) is 11.3 Å². The van der Waals surface area contributed by atoms with E-state index < -0.39 is 18.5 Å². The maximum absolute atomic E-state index is 12.4. The van der Waals surface area contributed by atoms with Crippen LogP contribution >= 0.6 is 0 Å². The van der Waals surface area contributed by atoms with E-state index in [1.165, 1.54) is 12.2 Å². The standard InChI is InChI=1S/C20H20N2O4/c1-2-8-19(24)26-14-18(23)22-17-12-7-6-11-16(17)20(25)21-13-15-9-4-3-5-10-15/h2-12H,13-14H2,1H3,(H,21,25)(H,22,23)/b8-2+. The van der Waals surface area contributed by atoms with E-state index in [0.29, 0.717) is 17.8 Å². The molecule has 6 nitrogen and oxygen atoms in total. The van der Waals surface area contributed by atoms with Gasteiger partial charge in [-0.05, 0) is 24.6 Å². The number of ether oxygens (including phenoxy) is 1. The Morgan fingerprint density at radius 3 is 2.42 bits per heavy atom. The first-order valence-corrected chi connectivity index (χ1v) is 8.10. The average molecular weight is 352 g/mol. The summed E-state index contributed by atoms with van der Waals surface area (Å²) in [5, 5.41) is 5.40. The number of amides is 2. The molecule has 0 bridgehead atoms. The van der Waals surface area contributed by atoms with Crippen LogP contribution < -0.4 is 10.6 Å². The minimum absolute atomic E-state index is 0.310. The lowest BCUT2D eigenvalue weighted by Crippen LogP contribution is -2.26. The van der Waals surface area contributed by atoms with Crippen molar-refractivity contribution in [3.8, 4) is 0 Å². The Hall–Kier alpha value is -3.41. The minimum Gasteiger partial charge on any atom is -0.452 e. The Morgan fingerprint density at radius 2 is 1.69 bits per heavy atom. The molecule has 0 aliphatic carbocycles. The molecule has 0 aromatic heterocycles. The Bertz CT molecular complexity index is 800. The monoisotopic (exact) mass is 352 g/mol. The fraction of sp³-hybridized carbons (Fsp3) is 0.150. The second-order valence-corrected chi connectivity index (χ2v) is 5.37. The molecule has 0 aliphatic rings. The van der Waals surface area contributed by atoms with Gasteiger partial charge < -0.3 is 15.4 Å². The van der Waals surface area contributed by atoms with Gasteiger partial charge in [0.15, 0.2) is 6.61 Å². The summed E-state index contributed by atoms with van der Waals surface area (Å²) in [7, 11) is 0. The molecule has 0 radical (unpaired) electrons. The zero-order valence-corrected chi connectivity index (χ0v) is 14.4. The number of allylic oxidation sites excluding steroid dienone is 1. The molecule has 0 heterocycles. The van der Waals surface area contributed by atoms with Gasteiger partial charge in [-0.3, -0.25) is 9.59 Å². The van der Waals surface area contributed by atoms with Crippen molar-refractivity contribution in [3.63, 3.8) is 0 Å². The lowest BCUT2D eigenvalue weighted by Gasteiger charge is -2.11. The Balaban J connectivity index is 1.96. The minimum atomic E-state index is -0.600. The number of carbonyl (C=O) groups excluding carboxylic acids is 3. The van der Waals surface area contributed by atoms with Gasteiger partial charge in [0.25, 0.3) is 11.8 Å². The van der Waals surface area contributed by atoms with Crippen molar-refractivity contribution < 1.29 is 19.1 Å². The molecule has 0 atom stereocenters. The van der Waals surface area contributed by atoms with E-state index in [0.717, 1.165) is 5.56 Å². The average Bonchev–Trinajstić information content (AvgIpc) is 2.66. The normalized spacial score (nSPS) is 10.3. The van der Waals surface area contributed by atoms with Crippen molar-refractivity contribution in [1.82, 2.24) is 5.32 Å². The van der Waals surface area contributed by atoms with Gasteiger partial charge in [-0.1, -0.05) is 48.5 Å². The number of para-hydroxylation sites is 1. The van der Waals surface area contributed by atoms with Gasteiger partial charge in [0, 0.05) is 12.6 Å². The summed E-state index contributed by atoms with van der Waals surface area (Å²) in [5.41, 5.74) is 1.65. The molecule has 0 unspecified atom stereocenters. The van der Waals surface area contributed by atoms with E-state index in [1.807, 2.05) is 30.3 Å². The van der Waals surface area contributed by atoms with Crippen LogP contribution in [0.4, 0.5) is 5.69 Å². The zero-order valence-electron chi connectivity index (χ0n) is 14.4. The van der Waals surface area contributed by atoms with E-state index in [4.69, 9.17) is 4.74 Å². The van der Waals surface area contributed by atoms with Gasteiger partial charge in [-0.2, -0.15) is 0 Å². The molecule has 2 N–H and O–H groups in total. The Morgan fingerprint density at radius 1 is 1.00 bits per heavy atom. The van der Waals surface area contributed by atoms with E-state index in [1.54, 1.807) is 31.2 Å². The van der Waals surface area contributed by atoms with Gasteiger partial charge >= 0.3 is 5.97 Å². The van der Waals surface area contributed by atoms with E-state index >= 15 is 0 Å². The van der Waals surface area contributed by atoms with E-state index in [-0.39, 0.29) is 5.91 Å². The van der Waals surface area contributed by atoms with Crippen molar-refractivity contribution in [3.05, 3.63) is 77.9 Å². The summed E-state index contributed by atoms with van der Waals surface area (Å²) in [6.07, 6.45) is 2.74. The lowest BCUT2D eigenvalue weighted by atomic mass is 10.1. The summed E-state index contributed by atoms with van der Waals surface area (Å²) in [4.78, 5) is 35.6. The highest BCUT2D eigenvalue weighted by Gasteiger charge is 2.13. The summed E-state index contributed by atoms with van der Waals surface area (Å²) >= 11 is 0. The van der Waals surface area contributed by atoms with Crippen LogP contribution in [-0.2, 0) is 20.9 Å². The molecule has 0 saturated carbocycles. The summed E-state index contributed by atoms with van der Waals surface area (Å²) in [6.45, 7) is 1.62. The van der Waals surface area contributed by atoms with Gasteiger partial charge in [-0.15, -0.1) is 0 Å². The van der Waals surface area contributed by atoms with Gasteiger partial charge in [-0.25, -0.2) is 4.79 Å². The van der Waals surface area contributed by atoms with Crippen molar-refractivity contribution in [2.24, 2.45) is 0 Å². The molecule has 134 valence electrons. The fourth-order valence-electron chi connectivity index (χ4n) is 2.17. The highest BCUT2D eigenvalue weighted by molar-refractivity contribution is 6.04. The van der Waals surface area contributed by atoms with Crippen LogP contribution in [0, 0.1) is 0 Å². The second-order valence-electron chi connectivity index (χ2n) is 5.37. The fourth-order valence-corrected chi connectivity index (χ4v) is 2.17. The lowest BCUT2D eigenvalue weighted by molar-refractivity contribution is -0.142. The molecule has 26 heavy (non-hydrogen) atoms. The first-order valence-electron chi connectivity index (χ1n) is 8.10. The third-order valence-corrected chi connectivity index (χ3v) is 3.39. The zero-order chi connectivity index (χ0) is 18.8. The Labute approximate surface area is 151 Å². The van der Waals surface area contributed by atoms with Crippen LogP contribution in [0.3, 0.4) is 0 Å². The number of anilines is 1. The number of carbonyl (C=O) groups is 3. The first kappa shape index (κ1) is 18.9. The SMILES string of the molecule is C/C=C/C(=O)OCC(=O)Nc1ccccc1C(=O)NCc1ccccc1. The second kappa shape index (κ2) is 9.78. The van der Waals surface area contributed by atoms with Crippen molar-refractivity contribution in [1.29, 1.82) is 0 Å². The van der Waals surface area contributed by atoms with Crippen LogP contribution in [0.15, 0.2) is 66.7 Å². The van der Waals surface area contributed by atoms with Crippen LogP contribution in [0.2, 0.25) is 0 Å². The number of hydrogen-bond donors (Lipinski definition) is 2. The number of benzene rings is 2. The quantitative estimate of drug-likeness (QED) is 0.593. The van der Waals surface area contributed by atoms with Crippen LogP contribution in [0.25, 0.3) is 0 Å². The van der Waals surface area contributed by atoms with E-state index in [2.05, 4.69) is 10.6 Å². The predicted octanol–water partition coefficient (Wildman–Crippen LogP) is 2.67. The number of rotatable bonds is 7. The first-order chi connectivity index (χ1) is 12.6. The molecular weight excluding hydrogens is 332 g/mol. The number of hydrogen-bond acceptors (Lipinski definition) is 4. The summed E-state index contributed by atoms with van der Waals surface area (Å²) in [5.74, 6) is -1.43. The number of esters is 1. The third kappa shape index (κ3) is 5.90. The van der Waals surface area contributed by atoms with Crippen LogP contribution in [-0.4, -0.2) is 24.4 Å². The molecule has 0 aliphatic heterocycles. The predicted molar refractivity (Wildman–Crippen MR) is 98.5 cm³/mol. The number of nitrogens with one attached hydrogen (secondary N) is 2. The maximum Gasteiger partial charge on any atom is 0.330 e. The van der Waals surface area contributed by atoms with Gasteiger partial charge in [0.1, 0.15) is 0 Å². The highest BCUT2D eigenvalue weighted by Crippen LogP contribution is 2.15. The summed E-state index contributed by atoms with van der Waals surface area (Å²) in [6, 6.07) is 16.1.